The number of anilines is 1. The van der Waals surface area contributed by atoms with Crippen molar-refractivity contribution in [1.29, 1.82) is 0 Å². The number of benzene rings is 2. The highest BCUT2D eigenvalue weighted by Crippen LogP contribution is 2.30. The van der Waals surface area contributed by atoms with Gasteiger partial charge in [0.05, 0.1) is 23.8 Å². The van der Waals surface area contributed by atoms with Crippen molar-refractivity contribution >= 4 is 17.3 Å². The fourth-order valence-electron chi connectivity index (χ4n) is 2.45. The molecule has 0 unspecified atom stereocenters. The second kappa shape index (κ2) is 8.21. The van der Waals surface area contributed by atoms with Crippen LogP contribution in [0, 0.1) is 10.1 Å². The van der Waals surface area contributed by atoms with Crippen LogP contribution in [0.1, 0.15) is 17.4 Å². The van der Waals surface area contributed by atoms with Crippen LogP contribution < -0.4 is 14.8 Å². The molecular weight excluding hydrogens is 364 g/mol. The van der Waals surface area contributed by atoms with E-state index < -0.39 is 10.8 Å². The lowest BCUT2D eigenvalue weighted by molar-refractivity contribution is -0.384. The summed E-state index contributed by atoms with van der Waals surface area (Å²) in [7, 11) is 1.55. The summed E-state index contributed by atoms with van der Waals surface area (Å²) < 4.78 is 12.4. The third-order valence-electron chi connectivity index (χ3n) is 3.85. The van der Waals surface area contributed by atoms with Gasteiger partial charge in [0, 0.05) is 24.9 Å². The number of nitro groups is 1. The number of rotatable bonds is 7. The molecule has 28 heavy (non-hydrogen) atoms. The Labute approximate surface area is 160 Å². The third kappa shape index (κ3) is 4.44. The second-order valence-electron chi connectivity index (χ2n) is 5.76. The number of hydrogen-bond acceptors (Lipinski definition) is 6. The summed E-state index contributed by atoms with van der Waals surface area (Å²) in [6.07, 6.45) is 1.68. The summed E-state index contributed by atoms with van der Waals surface area (Å²) in [5, 5.41) is 18.0. The smallest absolute Gasteiger partial charge is 0.276 e. The molecule has 0 aliphatic heterocycles. The van der Waals surface area contributed by atoms with Crippen molar-refractivity contribution in [3.8, 4) is 17.2 Å². The minimum absolute atomic E-state index is 0.208. The number of ether oxygens (including phenoxy) is 2. The van der Waals surface area contributed by atoms with Gasteiger partial charge in [0.15, 0.2) is 5.69 Å². The first-order chi connectivity index (χ1) is 13.5. The molecule has 1 amide bonds. The fourth-order valence-corrected chi connectivity index (χ4v) is 2.45. The molecule has 9 nitrogen and oxygen atoms in total. The van der Waals surface area contributed by atoms with E-state index in [9.17, 15) is 14.9 Å². The molecule has 3 aromatic rings. The Morgan fingerprint density at radius 2 is 1.86 bits per heavy atom. The van der Waals surface area contributed by atoms with Crippen LogP contribution in [0.3, 0.4) is 0 Å². The van der Waals surface area contributed by atoms with Crippen molar-refractivity contribution in [2.75, 3.05) is 12.4 Å². The van der Waals surface area contributed by atoms with Crippen LogP contribution in [0.15, 0.2) is 54.7 Å². The molecule has 0 saturated carbocycles. The van der Waals surface area contributed by atoms with Gasteiger partial charge in [0.25, 0.3) is 11.6 Å². The van der Waals surface area contributed by atoms with Crippen molar-refractivity contribution in [1.82, 2.24) is 9.78 Å². The zero-order valence-corrected chi connectivity index (χ0v) is 15.3. The minimum Gasteiger partial charge on any atom is -0.497 e. The van der Waals surface area contributed by atoms with E-state index in [4.69, 9.17) is 9.47 Å². The molecule has 0 bridgehead atoms. The van der Waals surface area contributed by atoms with Gasteiger partial charge < -0.3 is 14.8 Å². The molecule has 144 valence electrons. The van der Waals surface area contributed by atoms with Crippen LogP contribution >= 0.6 is 0 Å². The normalized spacial score (nSPS) is 10.4. The lowest BCUT2D eigenvalue weighted by Gasteiger charge is -2.09. The molecule has 3 rings (SSSR count). The molecule has 0 saturated heterocycles. The molecular formula is C19H18N4O5. The minimum atomic E-state index is -0.553. The molecule has 0 aliphatic rings. The van der Waals surface area contributed by atoms with Crippen molar-refractivity contribution in [3.63, 3.8) is 0 Å². The zero-order valence-electron chi connectivity index (χ0n) is 15.3. The Morgan fingerprint density at radius 1 is 1.14 bits per heavy atom. The third-order valence-corrected chi connectivity index (χ3v) is 3.85. The van der Waals surface area contributed by atoms with Gasteiger partial charge >= 0.3 is 0 Å². The maximum absolute atomic E-state index is 12.4. The van der Waals surface area contributed by atoms with Crippen LogP contribution in [0.2, 0.25) is 0 Å². The second-order valence-corrected chi connectivity index (χ2v) is 5.76. The van der Waals surface area contributed by atoms with Crippen molar-refractivity contribution in [2.45, 2.75) is 13.5 Å². The molecule has 1 N–H and O–H groups in total. The molecule has 0 radical (unpaired) electrons. The number of aromatic nitrogens is 2. The van der Waals surface area contributed by atoms with Crippen LogP contribution in [-0.4, -0.2) is 27.7 Å². The lowest BCUT2D eigenvalue weighted by Crippen LogP contribution is -2.13. The lowest BCUT2D eigenvalue weighted by atomic mass is 10.2. The van der Waals surface area contributed by atoms with Crippen molar-refractivity contribution in [2.24, 2.45) is 0 Å². The highest BCUT2D eigenvalue weighted by atomic mass is 16.6. The number of hydrogen-bond donors (Lipinski definition) is 1. The van der Waals surface area contributed by atoms with E-state index in [-0.39, 0.29) is 22.8 Å². The predicted octanol–water partition coefficient (Wildman–Crippen LogP) is 3.86. The molecule has 1 heterocycles. The van der Waals surface area contributed by atoms with E-state index in [1.54, 1.807) is 48.3 Å². The van der Waals surface area contributed by atoms with E-state index in [1.165, 1.54) is 18.2 Å². The molecule has 0 spiro atoms. The Hall–Kier alpha value is -3.88. The predicted molar refractivity (Wildman–Crippen MR) is 102 cm³/mol. The molecule has 0 aliphatic carbocycles. The largest absolute Gasteiger partial charge is 0.497 e. The van der Waals surface area contributed by atoms with E-state index in [2.05, 4.69) is 10.4 Å². The molecule has 2 aromatic carbocycles. The zero-order chi connectivity index (χ0) is 20.1. The Bertz CT molecular complexity index is 998. The number of carbonyl (C=O) groups excluding carboxylic acids is 1. The number of methoxy groups -OCH3 is 1. The van der Waals surface area contributed by atoms with Gasteiger partial charge in [0.2, 0.25) is 0 Å². The first-order valence-electron chi connectivity index (χ1n) is 8.44. The maximum Gasteiger partial charge on any atom is 0.276 e. The van der Waals surface area contributed by atoms with Gasteiger partial charge in [-0.1, -0.05) is 0 Å². The summed E-state index contributed by atoms with van der Waals surface area (Å²) in [4.78, 5) is 23.0. The molecule has 1 aromatic heterocycles. The number of nitrogens with zero attached hydrogens (tertiary/aromatic N) is 3. The van der Waals surface area contributed by atoms with Gasteiger partial charge in [-0.15, -0.1) is 0 Å². The number of amides is 1. The quantitative estimate of drug-likeness (QED) is 0.491. The SMILES string of the molecule is CCn1ccc(C(=O)Nc2cc(Oc3ccc(OC)cc3)cc([N+](=O)[O-])c2)n1. The van der Waals surface area contributed by atoms with E-state index in [0.717, 1.165) is 0 Å². The standard InChI is InChI=1S/C19H18N4O5/c1-3-22-9-8-18(21-22)19(24)20-13-10-14(23(25)26)12-17(11-13)28-16-6-4-15(27-2)5-7-16/h4-12H,3H2,1-2H3,(H,20,24). The van der Waals surface area contributed by atoms with Gasteiger partial charge in [-0.05, 0) is 37.3 Å². The summed E-state index contributed by atoms with van der Waals surface area (Å²) >= 11 is 0. The highest BCUT2D eigenvalue weighted by molar-refractivity contribution is 6.03. The van der Waals surface area contributed by atoms with Crippen LogP contribution in [0.5, 0.6) is 17.2 Å². The maximum atomic E-state index is 12.4. The van der Waals surface area contributed by atoms with Crippen LogP contribution in [0.4, 0.5) is 11.4 Å². The Morgan fingerprint density at radius 3 is 2.46 bits per heavy atom. The first kappa shape index (κ1) is 18.9. The van der Waals surface area contributed by atoms with Crippen molar-refractivity contribution < 1.29 is 19.2 Å². The number of carbonyl (C=O) groups is 1. The van der Waals surface area contributed by atoms with Gasteiger partial charge in [-0.2, -0.15) is 5.10 Å². The first-order valence-corrected chi connectivity index (χ1v) is 8.44. The van der Waals surface area contributed by atoms with Crippen LogP contribution in [0.25, 0.3) is 0 Å². The van der Waals surface area contributed by atoms with Gasteiger partial charge in [-0.3, -0.25) is 19.6 Å². The van der Waals surface area contributed by atoms with Crippen molar-refractivity contribution in [3.05, 3.63) is 70.5 Å². The average Bonchev–Trinajstić information content (AvgIpc) is 3.18. The van der Waals surface area contributed by atoms with E-state index >= 15 is 0 Å². The summed E-state index contributed by atoms with van der Waals surface area (Å²) in [6.45, 7) is 2.53. The highest BCUT2D eigenvalue weighted by Gasteiger charge is 2.15. The van der Waals surface area contributed by atoms with Gasteiger partial charge in [-0.25, -0.2) is 0 Å². The molecule has 0 atom stereocenters. The molecule has 9 heteroatoms. The Kier molecular flexibility index (Phi) is 5.54. The number of non-ortho nitro benzene ring substituents is 1. The Balaban J connectivity index is 1.84. The molecule has 0 fully saturated rings. The average molecular weight is 382 g/mol. The number of aryl methyl sites for hydroxylation is 1. The number of nitro benzene ring substituents is 1. The van der Waals surface area contributed by atoms with E-state index in [0.29, 0.717) is 18.0 Å². The van der Waals surface area contributed by atoms with Crippen LogP contribution in [-0.2, 0) is 6.54 Å². The van der Waals surface area contributed by atoms with Gasteiger partial charge in [0.1, 0.15) is 17.2 Å². The monoisotopic (exact) mass is 382 g/mol. The summed E-state index contributed by atoms with van der Waals surface area (Å²) in [6, 6.07) is 12.4. The summed E-state index contributed by atoms with van der Waals surface area (Å²) in [5.41, 5.74) is 0.236. The summed E-state index contributed by atoms with van der Waals surface area (Å²) in [5.74, 6) is 0.878. The topological polar surface area (TPSA) is 109 Å². The number of nitrogens with one attached hydrogen (secondary N) is 1. The fraction of sp³-hybridized carbons (Fsp3) is 0.158. The van der Waals surface area contributed by atoms with E-state index in [1.807, 2.05) is 6.92 Å².